The molecule has 0 unspecified atom stereocenters. The molecule has 9 nitrogen and oxygen atoms in total. The molecule has 1 aromatic rings. The lowest BCUT2D eigenvalue weighted by molar-refractivity contribution is -0.151. The van der Waals surface area contributed by atoms with Crippen LogP contribution < -0.4 is 10.1 Å². The van der Waals surface area contributed by atoms with E-state index in [0.717, 1.165) is 11.3 Å². The third-order valence-electron chi connectivity index (χ3n) is 6.01. The van der Waals surface area contributed by atoms with Crippen LogP contribution in [0.4, 0.5) is 5.69 Å². The van der Waals surface area contributed by atoms with Gasteiger partial charge >= 0.3 is 0 Å². The fourth-order valence-electron chi connectivity index (χ4n) is 4.59. The Labute approximate surface area is 182 Å². The zero-order chi connectivity index (χ0) is 22.0. The summed E-state index contributed by atoms with van der Waals surface area (Å²) >= 11 is 0. The van der Waals surface area contributed by atoms with Crippen LogP contribution in [0.15, 0.2) is 18.2 Å². The number of carbonyl (C=O) groups is 2. The van der Waals surface area contributed by atoms with E-state index in [1.807, 2.05) is 42.1 Å². The summed E-state index contributed by atoms with van der Waals surface area (Å²) in [5.74, 6) is 0.693. The zero-order valence-electron chi connectivity index (χ0n) is 18.1. The standard InChI is InChI=1S/C22H31N3O6/c1-24(2)12-20(27)23-14-3-4-18-16(9-14)17-10-15(30-19(13-26)22(17)31-18)11-21(28)25-5-7-29-8-6-25/h3-4,9,15,17,19,22,26H,5-8,10-13H2,1-2H3,(H,23,27)/t15-,17-,19+,22+/m0/s1. The highest BCUT2D eigenvalue weighted by Crippen LogP contribution is 2.47. The highest BCUT2D eigenvalue weighted by Gasteiger charge is 2.46. The largest absolute Gasteiger partial charge is 0.487 e. The van der Waals surface area contributed by atoms with Crippen molar-refractivity contribution in [3.8, 4) is 5.75 Å². The number of benzene rings is 1. The summed E-state index contributed by atoms with van der Waals surface area (Å²) in [7, 11) is 3.69. The molecular weight excluding hydrogens is 402 g/mol. The number of carbonyl (C=O) groups excluding carboxylic acids is 2. The number of anilines is 1. The number of hydrogen-bond acceptors (Lipinski definition) is 7. The van der Waals surface area contributed by atoms with Crippen LogP contribution in [0.1, 0.15) is 24.3 Å². The van der Waals surface area contributed by atoms with Crippen molar-refractivity contribution >= 4 is 17.5 Å². The number of aliphatic hydroxyl groups is 1. The van der Waals surface area contributed by atoms with E-state index in [1.54, 1.807) is 0 Å². The number of nitrogens with one attached hydrogen (secondary N) is 1. The van der Waals surface area contributed by atoms with Gasteiger partial charge in [0.25, 0.3) is 0 Å². The molecule has 2 amide bonds. The minimum atomic E-state index is -0.500. The first-order valence-corrected chi connectivity index (χ1v) is 10.8. The SMILES string of the molecule is CN(C)CC(=O)Nc1ccc2c(c1)[C@@H]1C[C@@H](CC(=O)N3CCOCC3)O[C@H](CO)[C@@H]1O2. The smallest absolute Gasteiger partial charge is 0.238 e. The quantitative estimate of drug-likeness (QED) is 0.671. The van der Waals surface area contributed by atoms with Crippen molar-refractivity contribution in [3.63, 3.8) is 0 Å². The predicted molar refractivity (Wildman–Crippen MR) is 113 cm³/mol. The molecule has 3 heterocycles. The Hall–Kier alpha value is -2.20. The van der Waals surface area contributed by atoms with Crippen molar-refractivity contribution in [2.45, 2.75) is 37.1 Å². The molecule has 4 rings (SSSR count). The second-order valence-corrected chi connectivity index (χ2v) is 8.64. The van der Waals surface area contributed by atoms with Gasteiger partial charge in [0.2, 0.25) is 11.8 Å². The van der Waals surface area contributed by atoms with Crippen molar-refractivity contribution in [1.82, 2.24) is 9.80 Å². The molecule has 0 radical (unpaired) electrons. The Morgan fingerprint density at radius 2 is 2.03 bits per heavy atom. The van der Waals surface area contributed by atoms with Gasteiger partial charge < -0.3 is 34.4 Å². The first kappa shape index (κ1) is 22.0. The van der Waals surface area contributed by atoms with E-state index in [2.05, 4.69) is 5.32 Å². The summed E-state index contributed by atoms with van der Waals surface area (Å²) in [6.45, 7) is 2.44. The molecule has 4 atom stereocenters. The maximum Gasteiger partial charge on any atom is 0.238 e. The maximum absolute atomic E-state index is 12.7. The van der Waals surface area contributed by atoms with Gasteiger partial charge in [0.15, 0.2) is 0 Å². The number of hydrogen-bond donors (Lipinski definition) is 2. The highest BCUT2D eigenvalue weighted by molar-refractivity contribution is 5.92. The molecule has 3 aliphatic heterocycles. The molecule has 0 saturated carbocycles. The van der Waals surface area contributed by atoms with Crippen LogP contribution in [-0.2, 0) is 19.1 Å². The Bertz CT molecular complexity index is 810. The van der Waals surface area contributed by atoms with Crippen molar-refractivity contribution in [2.24, 2.45) is 0 Å². The monoisotopic (exact) mass is 433 g/mol. The molecule has 170 valence electrons. The number of ether oxygens (including phenoxy) is 3. The average Bonchev–Trinajstić information content (AvgIpc) is 3.11. The minimum Gasteiger partial charge on any atom is -0.487 e. The number of likely N-dealkylation sites (N-methyl/N-ethyl adjacent to an activating group) is 1. The summed E-state index contributed by atoms with van der Waals surface area (Å²) < 4.78 is 17.5. The molecule has 31 heavy (non-hydrogen) atoms. The molecule has 3 aliphatic rings. The number of rotatable bonds is 6. The van der Waals surface area contributed by atoms with Crippen LogP contribution in [0.3, 0.4) is 0 Å². The summed E-state index contributed by atoms with van der Waals surface area (Å²) in [5.41, 5.74) is 1.70. The van der Waals surface area contributed by atoms with Gasteiger partial charge in [-0.05, 0) is 38.7 Å². The lowest BCUT2D eigenvalue weighted by Gasteiger charge is -2.38. The van der Waals surface area contributed by atoms with Crippen molar-refractivity contribution in [3.05, 3.63) is 23.8 Å². The molecule has 9 heteroatoms. The summed E-state index contributed by atoms with van der Waals surface area (Å²) in [6.07, 6.45) is -0.202. The molecule has 0 aliphatic carbocycles. The molecule has 0 bridgehead atoms. The van der Waals surface area contributed by atoms with Crippen LogP contribution in [0.5, 0.6) is 5.75 Å². The third-order valence-corrected chi connectivity index (χ3v) is 6.01. The highest BCUT2D eigenvalue weighted by atomic mass is 16.6. The molecular formula is C22H31N3O6. The normalized spacial score (nSPS) is 27.4. The van der Waals surface area contributed by atoms with E-state index in [-0.39, 0.29) is 43.0 Å². The van der Waals surface area contributed by atoms with E-state index < -0.39 is 6.10 Å². The van der Waals surface area contributed by atoms with E-state index in [4.69, 9.17) is 14.2 Å². The first-order chi connectivity index (χ1) is 14.9. The van der Waals surface area contributed by atoms with Crippen LogP contribution in [0.25, 0.3) is 0 Å². The van der Waals surface area contributed by atoms with Gasteiger partial charge in [-0.2, -0.15) is 0 Å². The van der Waals surface area contributed by atoms with Gasteiger partial charge in [-0.1, -0.05) is 0 Å². The Morgan fingerprint density at radius 1 is 1.26 bits per heavy atom. The topological polar surface area (TPSA) is 101 Å². The van der Waals surface area contributed by atoms with Crippen LogP contribution in [-0.4, -0.2) is 98.6 Å². The first-order valence-electron chi connectivity index (χ1n) is 10.8. The number of nitrogens with zero attached hydrogens (tertiary/aromatic N) is 2. The van der Waals surface area contributed by atoms with Gasteiger partial charge in [0.05, 0.1) is 38.9 Å². The van der Waals surface area contributed by atoms with Gasteiger partial charge in [0, 0.05) is 30.3 Å². The predicted octanol–water partition coefficient (Wildman–Crippen LogP) is 0.430. The second-order valence-electron chi connectivity index (χ2n) is 8.64. The van der Waals surface area contributed by atoms with Crippen LogP contribution in [0, 0.1) is 0 Å². The van der Waals surface area contributed by atoms with E-state index in [9.17, 15) is 14.7 Å². The van der Waals surface area contributed by atoms with E-state index in [1.165, 1.54) is 0 Å². The van der Waals surface area contributed by atoms with Crippen LogP contribution >= 0.6 is 0 Å². The second kappa shape index (κ2) is 9.52. The average molecular weight is 434 g/mol. The molecule has 0 spiro atoms. The summed E-state index contributed by atoms with van der Waals surface area (Å²) in [6, 6.07) is 5.60. The van der Waals surface area contributed by atoms with E-state index >= 15 is 0 Å². The molecule has 2 fully saturated rings. The van der Waals surface area contributed by atoms with Gasteiger partial charge in [-0.25, -0.2) is 0 Å². The maximum atomic E-state index is 12.7. The minimum absolute atomic E-state index is 0.00547. The number of amides is 2. The fraction of sp³-hybridized carbons (Fsp3) is 0.636. The number of morpholine rings is 1. The van der Waals surface area contributed by atoms with Gasteiger partial charge in [-0.3, -0.25) is 9.59 Å². The summed E-state index contributed by atoms with van der Waals surface area (Å²) in [4.78, 5) is 28.5. The Balaban J connectivity index is 1.47. The Morgan fingerprint density at radius 3 is 2.74 bits per heavy atom. The third kappa shape index (κ3) is 5.01. The molecule has 0 aromatic heterocycles. The number of aliphatic hydroxyl groups excluding tert-OH is 1. The number of fused-ring (bicyclic) bond motifs is 3. The molecule has 1 aromatic carbocycles. The van der Waals surface area contributed by atoms with Gasteiger partial charge in [-0.15, -0.1) is 0 Å². The lowest BCUT2D eigenvalue weighted by atomic mass is 9.84. The van der Waals surface area contributed by atoms with Gasteiger partial charge in [0.1, 0.15) is 18.0 Å². The summed E-state index contributed by atoms with van der Waals surface area (Å²) in [5, 5.41) is 12.8. The lowest BCUT2D eigenvalue weighted by Crippen LogP contribution is -2.48. The van der Waals surface area contributed by atoms with E-state index in [0.29, 0.717) is 45.0 Å². The van der Waals surface area contributed by atoms with Crippen molar-refractivity contribution in [2.75, 3.05) is 58.9 Å². The molecule has 2 N–H and O–H groups in total. The van der Waals surface area contributed by atoms with Crippen molar-refractivity contribution in [1.29, 1.82) is 0 Å². The zero-order valence-corrected chi connectivity index (χ0v) is 18.1. The fourth-order valence-corrected chi connectivity index (χ4v) is 4.59. The molecule has 2 saturated heterocycles. The van der Waals surface area contributed by atoms with Crippen LogP contribution in [0.2, 0.25) is 0 Å². The van der Waals surface area contributed by atoms with Crippen molar-refractivity contribution < 1.29 is 28.9 Å². The Kier molecular flexibility index (Phi) is 6.76.